The molecule has 1 aliphatic heterocycles. The summed E-state index contributed by atoms with van der Waals surface area (Å²) in [5, 5.41) is 11.7. The maximum atomic E-state index is 15.9. The monoisotopic (exact) mass is 509 g/mol. The van der Waals surface area contributed by atoms with Crippen LogP contribution in [0.15, 0.2) is 77.8 Å². The van der Waals surface area contributed by atoms with Crippen molar-refractivity contribution in [3.05, 3.63) is 94.6 Å². The van der Waals surface area contributed by atoms with Crippen LogP contribution in [0.1, 0.15) is 17.5 Å². The van der Waals surface area contributed by atoms with Crippen LogP contribution in [0.2, 0.25) is 0 Å². The minimum absolute atomic E-state index is 0.185. The fourth-order valence-corrected chi connectivity index (χ4v) is 5.33. The number of anilines is 1. The quantitative estimate of drug-likeness (QED) is 0.514. The molecule has 0 saturated carbocycles. The molecule has 1 saturated heterocycles. The highest BCUT2D eigenvalue weighted by Gasteiger charge is 2.49. The number of primary amides is 1. The third kappa shape index (κ3) is 3.84. The molecular formula is C26H25ClFN5O3. The van der Waals surface area contributed by atoms with Crippen molar-refractivity contribution in [1.82, 2.24) is 14.1 Å². The number of hydrogen-bond acceptors (Lipinski definition) is 5. The van der Waals surface area contributed by atoms with E-state index in [1.165, 1.54) is 29.2 Å². The lowest BCUT2D eigenvalue weighted by Crippen LogP contribution is -2.43. The van der Waals surface area contributed by atoms with Crippen molar-refractivity contribution in [1.29, 1.82) is 0 Å². The molecule has 0 spiro atoms. The Morgan fingerprint density at radius 3 is 2.64 bits per heavy atom. The zero-order valence-electron chi connectivity index (χ0n) is 19.5. The summed E-state index contributed by atoms with van der Waals surface area (Å²) in [7, 11) is 1.55. The van der Waals surface area contributed by atoms with Crippen molar-refractivity contribution in [3.63, 3.8) is 0 Å². The van der Waals surface area contributed by atoms with Gasteiger partial charge in [0, 0.05) is 38.7 Å². The van der Waals surface area contributed by atoms with Crippen molar-refractivity contribution in [3.8, 4) is 0 Å². The van der Waals surface area contributed by atoms with E-state index in [1.807, 2.05) is 11.0 Å². The standard InChI is InChI=1S/C26H25ClFN5O3/c1-31-11-12-33(25(31)36)22-20(28)14-19(16-5-3-2-4-6-16)23(34)26(22,27)18-7-9-30-21(13-18)32-10-8-17(15-32)24(29)35/h2-7,9,11-14,17,23,34H,8,10,15H2,1H3,(H2,29,35)/t17-,23?,26?/m1/s1. The van der Waals surface area contributed by atoms with Crippen molar-refractivity contribution >= 4 is 34.6 Å². The number of aliphatic hydroxyl groups is 1. The van der Waals surface area contributed by atoms with Crippen LogP contribution in [-0.4, -0.2) is 44.3 Å². The van der Waals surface area contributed by atoms with Gasteiger partial charge >= 0.3 is 5.69 Å². The van der Waals surface area contributed by atoms with E-state index in [0.717, 1.165) is 4.57 Å². The number of carbonyl (C=O) groups excluding carboxylic acids is 1. The SMILES string of the molecule is Cn1ccn(C2=C(F)C=C(c3ccccc3)C(O)C2(Cl)c2ccnc(N3CC[C@@H](C(N)=O)C3)c2)c1=O. The second-order valence-corrected chi connectivity index (χ2v) is 9.67. The summed E-state index contributed by atoms with van der Waals surface area (Å²) in [6.45, 7) is 0.959. The molecule has 8 nitrogen and oxygen atoms in total. The molecule has 1 fully saturated rings. The molecule has 36 heavy (non-hydrogen) atoms. The number of hydrogen-bond donors (Lipinski definition) is 2. The summed E-state index contributed by atoms with van der Waals surface area (Å²) in [6, 6.07) is 12.1. The van der Waals surface area contributed by atoms with Crippen LogP contribution < -0.4 is 16.3 Å². The predicted octanol–water partition coefficient (Wildman–Crippen LogP) is 2.62. The van der Waals surface area contributed by atoms with Gasteiger partial charge < -0.3 is 20.3 Å². The van der Waals surface area contributed by atoms with Crippen molar-refractivity contribution in [2.24, 2.45) is 18.7 Å². The molecule has 3 atom stereocenters. The molecule has 1 aromatic carbocycles. The van der Waals surface area contributed by atoms with Gasteiger partial charge in [0.05, 0.1) is 11.6 Å². The molecule has 2 aliphatic rings. The maximum Gasteiger partial charge on any atom is 0.332 e. The number of allylic oxidation sites excluding steroid dienone is 2. The summed E-state index contributed by atoms with van der Waals surface area (Å²) < 4.78 is 18.3. The number of amides is 1. The number of carbonyl (C=O) groups is 1. The summed E-state index contributed by atoms with van der Waals surface area (Å²) in [5.41, 5.74) is 6.02. The molecule has 1 aliphatic carbocycles. The molecule has 186 valence electrons. The topological polar surface area (TPSA) is 106 Å². The summed E-state index contributed by atoms with van der Waals surface area (Å²) >= 11 is 7.25. The number of aryl methyl sites for hydroxylation is 1. The first-order chi connectivity index (χ1) is 17.2. The second-order valence-electron chi connectivity index (χ2n) is 9.07. The van der Waals surface area contributed by atoms with Gasteiger partial charge in [0.1, 0.15) is 22.6 Å². The Bertz CT molecular complexity index is 1450. The van der Waals surface area contributed by atoms with Crippen LogP contribution in [0.5, 0.6) is 0 Å². The van der Waals surface area contributed by atoms with E-state index in [-0.39, 0.29) is 23.1 Å². The number of rotatable bonds is 5. The molecule has 1 amide bonds. The summed E-state index contributed by atoms with van der Waals surface area (Å²) in [6.07, 6.45) is 4.83. The number of aliphatic hydroxyl groups excluding tert-OH is 1. The summed E-state index contributed by atoms with van der Waals surface area (Å²) in [4.78, 5) is 29.0. The molecule has 3 N–H and O–H groups in total. The lowest BCUT2D eigenvalue weighted by atomic mass is 9.79. The molecular weight excluding hydrogens is 485 g/mol. The molecule has 0 radical (unpaired) electrons. The number of aromatic nitrogens is 3. The Balaban J connectivity index is 1.68. The Hall–Kier alpha value is -3.69. The molecule has 2 unspecified atom stereocenters. The van der Waals surface area contributed by atoms with Crippen LogP contribution in [0.25, 0.3) is 11.3 Å². The van der Waals surface area contributed by atoms with Crippen LogP contribution in [0, 0.1) is 5.92 Å². The first-order valence-corrected chi connectivity index (χ1v) is 11.9. The number of pyridine rings is 1. The van der Waals surface area contributed by atoms with Gasteiger partial charge in [0.25, 0.3) is 0 Å². The number of alkyl halides is 1. The first kappa shape index (κ1) is 24.0. The third-order valence-electron chi connectivity index (χ3n) is 6.90. The van der Waals surface area contributed by atoms with E-state index < -0.39 is 22.5 Å². The number of halogens is 2. The average Bonchev–Trinajstić information content (AvgIpc) is 3.50. The first-order valence-electron chi connectivity index (χ1n) is 11.5. The van der Waals surface area contributed by atoms with E-state index in [2.05, 4.69) is 4.98 Å². The molecule has 3 heterocycles. The minimum atomic E-state index is -1.87. The largest absolute Gasteiger partial charge is 0.386 e. The normalized spacial score (nSPS) is 24.2. The van der Waals surface area contributed by atoms with Crippen LogP contribution in [0.3, 0.4) is 0 Å². The van der Waals surface area contributed by atoms with E-state index in [9.17, 15) is 14.7 Å². The highest BCUT2D eigenvalue weighted by molar-refractivity contribution is 6.31. The second kappa shape index (κ2) is 9.07. The number of benzene rings is 1. The number of nitrogens with two attached hydrogens (primary N) is 1. The van der Waals surface area contributed by atoms with E-state index >= 15 is 4.39 Å². The van der Waals surface area contributed by atoms with Gasteiger partial charge in [-0.3, -0.25) is 9.36 Å². The van der Waals surface area contributed by atoms with Gasteiger partial charge in [-0.05, 0) is 41.3 Å². The van der Waals surface area contributed by atoms with Gasteiger partial charge in [-0.1, -0.05) is 30.3 Å². The number of imidazole rings is 1. The van der Waals surface area contributed by atoms with Gasteiger partial charge in [-0.25, -0.2) is 14.2 Å². The Labute approximate surface area is 211 Å². The van der Waals surface area contributed by atoms with Crippen LogP contribution in [0.4, 0.5) is 10.2 Å². The Kier molecular flexibility index (Phi) is 6.05. The zero-order valence-corrected chi connectivity index (χ0v) is 20.3. The van der Waals surface area contributed by atoms with Crippen LogP contribution >= 0.6 is 11.6 Å². The van der Waals surface area contributed by atoms with Gasteiger partial charge in [0.15, 0.2) is 0 Å². The van der Waals surface area contributed by atoms with Crippen molar-refractivity contribution in [2.75, 3.05) is 18.0 Å². The minimum Gasteiger partial charge on any atom is -0.386 e. The van der Waals surface area contributed by atoms with Crippen molar-refractivity contribution < 1.29 is 14.3 Å². The van der Waals surface area contributed by atoms with Gasteiger partial charge in [-0.15, -0.1) is 11.6 Å². The third-order valence-corrected chi connectivity index (χ3v) is 7.50. The highest BCUT2D eigenvalue weighted by atomic mass is 35.5. The van der Waals surface area contributed by atoms with Crippen molar-refractivity contribution in [2.45, 2.75) is 17.4 Å². The predicted molar refractivity (Wildman–Crippen MR) is 136 cm³/mol. The fourth-order valence-electron chi connectivity index (χ4n) is 4.91. The average molecular weight is 510 g/mol. The molecule has 5 rings (SSSR count). The maximum absolute atomic E-state index is 15.9. The summed E-state index contributed by atoms with van der Waals surface area (Å²) in [5.74, 6) is -0.905. The van der Waals surface area contributed by atoms with Gasteiger partial charge in [0.2, 0.25) is 5.91 Å². The van der Waals surface area contributed by atoms with Crippen LogP contribution in [-0.2, 0) is 16.7 Å². The lowest BCUT2D eigenvalue weighted by Gasteiger charge is -2.39. The molecule has 0 bridgehead atoms. The Morgan fingerprint density at radius 2 is 2.00 bits per heavy atom. The molecule has 3 aromatic rings. The van der Waals surface area contributed by atoms with Gasteiger partial charge in [-0.2, -0.15) is 0 Å². The molecule has 2 aromatic heterocycles. The zero-order chi connectivity index (χ0) is 25.6. The van der Waals surface area contributed by atoms with E-state index in [0.29, 0.717) is 36.5 Å². The molecule has 10 heteroatoms. The lowest BCUT2D eigenvalue weighted by molar-refractivity contribution is -0.121. The van der Waals surface area contributed by atoms with E-state index in [4.69, 9.17) is 17.3 Å². The highest BCUT2D eigenvalue weighted by Crippen LogP contribution is 2.51. The van der Waals surface area contributed by atoms with E-state index in [1.54, 1.807) is 43.4 Å². The fraction of sp³-hybridized carbons (Fsp3) is 0.269. The number of nitrogens with zero attached hydrogens (tertiary/aromatic N) is 4. The Morgan fingerprint density at radius 1 is 1.25 bits per heavy atom. The smallest absolute Gasteiger partial charge is 0.332 e.